The Hall–Kier alpha value is -2.18. The first-order valence-corrected chi connectivity index (χ1v) is 9.32. The number of rotatable bonds is 3. The van der Waals surface area contributed by atoms with Crippen molar-refractivity contribution in [3.05, 3.63) is 18.1 Å². The van der Waals surface area contributed by atoms with Crippen molar-refractivity contribution >= 4 is 17.8 Å². The van der Waals surface area contributed by atoms with Crippen LogP contribution >= 0.6 is 0 Å². The zero-order valence-electron chi connectivity index (χ0n) is 16.1. The van der Waals surface area contributed by atoms with Crippen molar-refractivity contribution in [2.24, 2.45) is 11.3 Å². The Morgan fingerprint density at radius 2 is 1.92 bits per heavy atom. The predicted molar refractivity (Wildman–Crippen MR) is 97.8 cm³/mol. The molecule has 0 bridgehead atoms. The van der Waals surface area contributed by atoms with Crippen LogP contribution in [0.3, 0.4) is 0 Å². The number of carbonyl (C=O) groups is 2. The van der Waals surface area contributed by atoms with E-state index in [4.69, 9.17) is 4.74 Å². The molecule has 142 valence electrons. The van der Waals surface area contributed by atoms with Crippen molar-refractivity contribution in [1.82, 2.24) is 14.9 Å². The first kappa shape index (κ1) is 18.6. The van der Waals surface area contributed by atoms with Crippen LogP contribution in [0.1, 0.15) is 46.2 Å². The average Bonchev–Trinajstić information content (AvgIpc) is 2.93. The van der Waals surface area contributed by atoms with Gasteiger partial charge in [-0.1, -0.05) is 20.8 Å². The number of piperidine rings is 1. The normalized spacial score (nSPS) is 21.8. The highest BCUT2D eigenvalue weighted by Crippen LogP contribution is 2.26. The molecule has 7 nitrogen and oxygen atoms in total. The Kier molecular flexibility index (Phi) is 5.16. The first-order chi connectivity index (χ1) is 12.2. The maximum atomic E-state index is 12.4. The lowest BCUT2D eigenvalue weighted by atomic mass is 9.89. The molecule has 2 fully saturated rings. The van der Waals surface area contributed by atoms with E-state index < -0.39 is 0 Å². The molecular weight excluding hydrogens is 332 g/mol. The number of hydrogen-bond donors (Lipinski definition) is 0. The molecule has 3 heterocycles. The lowest BCUT2D eigenvalue weighted by Gasteiger charge is -2.35. The van der Waals surface area contributed by atoms with Gasteiger partial charge in [-0.3, -0.25) is 14.7 Å². The molecule has 1 aromatic rings. The zero-order chi connectivity index (χ0) is 18.9. The minimum absolute atomic E-state index is 0.120. The number of cyclic esters (lactones) is 1. The molecule has 0 N–H and O–H groups in total. The Balaban J connectivity index is 1.53. The second-order valence-corrected chi connectivity index (χ2v) is 8.36. The van der Waals surface area contributed by atoms with Crippen LogP contribution in [0.15, 0.2) is 12.4 Å². The summed E-state index contributed by atoms with van der Waals surface area (Å²) in [5, 5.41) is 0. The Morgan fingerprint density at radius 1 is 1.23 bits per heavy atom. The van der Waals surface area contributed by atoms with E-state index in [0.29, 0.717) is 18.3 Å². The van der Waals surface area contributed by atoms with E-state index in [9.17, 15) is 9.59 Å². The van der Waals surface area contributed by atoms with E-state index in [1.807, 2.05) is 32.6 Å². The van der Waals surface area contributed by atoms with Crippen molar-refractivity contribution in [2.75, 3.05) is 24.5 Å². The highest BCUT2D eigenvalue weighted by atomic mass is 16.6. The highest BCUT2D eigenvalue weighted by Gasteiger charge is 2.31. The van der Waals surface area contributed by atoms with Crippen molar-refractivity contribution < 1.29 is 14.3 Å². The van der Waals surface area contributed by atoms with Gasteiger partial charge in [-0.15, -0.1) is 0 Å². The van der Waals surface area contributed by atoms with Crippen molar-refractivity contribution in [2.45, 2.75) is 53.1 Å². The van der Waals surface area contributed by atoms with E-state index in [0.717, 1.165) is 38.0 Å². The number of aromatic nitrogens is 2. The summed E-state index contributed by atoms with van der Waals surface area (Å²) in [6.45, 7) is 9.89. The number of carbonyl (C=O) groups excluding carboxylic acids is 2. The monoisotopic (exact) mass is 360 g/mol. The maximum absolute atomic E-state index is 12.4. The van der Waals surface area contributed by atoms with Gasteiger partial charge in [0.2, 0.25) is 5.91 Å². The molecule has 2 saturated heterocycles. The Labute approximate surface area is 154 Å². The highest BCUT2D eigenvalue weighted by molar-refractivity contribution is 5.88. The van der Waals surface area contributed by atoms with Gasteiger partial charge in [0.05, 0.1) is 24.6 Å². The van der Waals surface area contributed by atoms with Crippen molar-refractivity contribution in [1.29, 1.82) is 0 Å². The fourth-order valence-corrected chi connectivity index (χ4v) is 3.49. The van der Waals surface area contributed by atoms with Gasteiger partial charge in [0.25, 0.3) is 0 Å². The van der Waals surface area contributed by atoms with E-state index in [1.54, 1.807) is 12.4 Å². The van der Waals surface area contributed by atoms with Gasteiger partial charge >= 0.3 is 6.09 Å². The fourth-order valence-electron chi connectivity index (χ4n) is 3.49. The molecular formula is C19H28N4O3. The molecule has 1 atom stereocenters. The Morgan fingerprint density at radius 3 is 2.42 bits per heavy atom. The molecule has 0 spiro atoms. The van der Waals surface area contributed by atoms with Gasteiger partial charge in [-0.05, 0) is 32.1 Å². The molecule has 0 saturated carbocycles. The van der Waals surface area contributed by atoms with Crippen molar-refractivity contribution in [3.8, 4) is 0 Å². The third-order valence-electron chi connectivity index (χ3n) is 4.97. The molecule has 0 radical (unpaired) electrons. The van der Waals surface area contributed by atoms with E-state index >= 15 is 0 Å². The lowest BCUT2D eigenvalue weighted by molar-refractivity contribution is -0.140. The lowest BCUT2D eigenvalue weighted by Crippen LogP contribution is -2.44. The number of likely N-dealkylation sites (tertiary alicyclic amines) is 1. The van der Waals surface area contributed by atoms with Gasteiger partial charge in [-0.25, -0.2) is 9.78 Å². The van der Waals surface area contributed by atoms with Crippen LogP contribution in [0.2, 0.25) is 0 Å². The average molecular weight is 360 g/mol. The van der Waals surface area contributed by atoms with Gasteiger partial charge in [-0.2, -0.15) is 0 Å². The topological polar surface area (TPSA) is 75.6 Å². The summed E-state index contributed by atoms with van der Waals surface area (Å²) in [6, 6.07) is 0. The third-order valence-corrected chi connectivity index (χ3v) is 4.97. The molecule has 26 heavy (non-hydrogen) atoms. The summed E-state index contributed by atoms with van der Waals surface area (Å²) in [5.41, 5.74) is 0.609. The van der Waals surface area contributed by atoms with E-state index in [1.165, 1.54) is 4.90 Å². The second-order valence-electron chi connectivity index (χ2n) is 8.36. The third kappa shape index (κ3) is 4.14. The minimum Gasteiger partial charge on any atom is -0.444 e. The largest absolute Gasteiger partial charge is 0.444 e. The van der Waals surface area contributed by atoms with Gasteiger partial charge < -0.3 is 9.64 Å². The Bertz CT molecular complexity index is 660. The van der Waals surface area contributed by atoms with Crippen LogP contribution in [-0.2, 0) is 16.0 Å². The van der Waals surface area contributed by atoms with Crippen LogP contribution in [0.5, 0.6) is 0 Å². The standard InChI is InChI=1S/C19H28N4O3/c1-13-12-23(18(25)26-13)16-11-20-15(10-21-16)9-14-5-7-22(8-6-14)17(24)19(2,3)4/h10-11,13-14H,5-9,12H2,1-4H3/t13-/m0/s1. The predicted octanol–water partition coefficient (Wildman–Crippen LogP) is 2.65. The second kappa shape index (κ2) is 7.21. The zero-order valence-corrected chi connectivity index (χ0v) is 16.1. The van der Waals surface area contributed by atoms with Gasteiger partial charge in [0, 0.05) is 18.5 Å². The number of ether oxygens (including phenoxy) is 1. The van der Waals surface area contributed by atoms with Crippen LogP contribution in [0.4, 0.5) is 10.6 Å². The maximum Gasteiger partial charge on any atom is 0.415 e. The smallest absolute Gasteiger partial charge is 0.415 e. The SMILES string of the molecule is C[C@H]1CN(c2cnc(CC3CCN(C(=O)C(C)(C)C)CC3)cn2)C(=O)O1. The minimum atomic E-state index is -0.365. The summed E-state index contributed by atoms with van der Waals surface area (Å²) in [6.07, 6.45) is 5.74. The van der Waals surface area contributed by atoms with Crippen LogP contribution in [0, 0.1) is 11.3 Å². The summed E-state index contributed by atoms with van der Waals surface area (Å²) >= 11 is 0. The molecule has 7 heteroatoms. The summed E-state index contributed by atoms with van der Waals surface area (Å²) in [7, 11) is 0. The van der Waals surface area contributed by atoms with Gasteiger partial charge in [0.1, 0.15) is 6.10 Å². The quantitative estimate of drug-likeness (QED) is 0.828. The van der Waals surface area contributed by atoms with Crippen LogP contribution in [-0.4, -0.2) is 52.6 Å². The van der Waals surface area contributed by atoms with E-state index in [2.05, 4.69) is 9.97 Å². The first-order valence-electron chi connectivity index (χ1n) is 9.32. The molecule has 0 aliphatic carbocycles. The summed E-state index contributed by atoms with van der Waals surface area (Å²) < 4.78 is 5.12. The fraction of sp³-hybridized carbons (Fsp3) is 0.684. The van der Waals surface area contributed by atoms with Crippen LogP contribution < -0.4 is 4.90 Å². The van der Waals surface area contributed by atoms with Gasteiger partial charge in [0.15, 0.2) is 5.82 Å². The van der Waals surface area contributed by atoms with Crippen molar-refractivity contribution in [3.63, 3.8) is 0 Å². The molecule has 1 aromatic heterocycles. The molecule has 3 rings (SSSR count). The molecule has 0 aromatic carbocycles. The molecule has 2 aliphatic rings. The number of amides is 2. The molecule has 2 aliphatic heterocycles. The summed E-state index contributed by atoms with van der Waals surface area (Å²) in [5.74, 6) is 1.27. The number of hydrogen-bond acceptors (Lipinski definition) is 5. The summed E-state index contributed by atoms with van der Waals surface area (Å²) in [4.78, 5) is 36.5. The number of nitrogens with zero attached hydrogens (tertiary/aromatic N) is 4. The molecule has 0 unspecified atom stereocenters. The number of anilines is 1. The van der Waals surface area contributed by atoms with Crippen LogP contribution in [0.25, 0.3) is 0 Å². The van der Waals surface area contributed by atoms with E-state index in [-0.39, 0.29) is 23.5 Å². The molecule has 2 amide bonds.